The number of allylic oxidation sites excluding steroid dienone is 3. The zero-order valence-corrected chi connectivity index (χ0v) is 20.5. The highest BCUT2D eigenvalue weighted by molar-refractivity contribution is 5.73. The number of anilines is 2. The minimum atomic E-state index is 0.399. The molecule has 1 aromatic heterocycles. The number of nitrogens with zero attached hydrogens (tertiary/aromatic N) is 3. The average Bonchev–Trinajstić information content (AvgIpc) is 3.02. The standard InChI is InChI=1S/C26H41N5/c1-18(12-15-31-17-30(6)24-22(31)23(27)28-16-29-24)8-10-20-19(2)9-11-21-25(3,4)13-7-14-26(20,21)5/h12,16,21H,7-11,13-15,17H2,1-6H3,(H2,27,28,29)/p+1. The molecule has 1 saturated carbocycles. The van der Waals surface area contributed by atoms with Crippen LogP contribution in [0, 0.1) is 16.7 Å². The largest absolute Gasteiger partial charge is 0.382 e. The Balaban J connectivity index is 1.44. The van der Waals surface area contributed by atoms with E-state index in [1.165, 1.54) is 49.0 Å². The van der Waals surface area contributed by atoms with Gasteiger partial charge in [-0.3, -0.25) is 4.90 Å². The minimum absolute atomic E-state index is 0.399. The summed E-state index contributed by atoms with van der Waals surface area (Å²) >= 11 is 0. The van der Waals surface area contributed by atoms with Crippen LogP contribution in [-0.2, 0) is 0 Å². The molecule has 31 heavy (non-hydrogen) atoms. The van der Waals surface area contributed by atoms with Gasteiger partial charge in [0.2, 0.25) is 0 Å². The van der Waals surface area contributed by atoms with Gasteiger partial charge in [-0.25, -0.2) is 4.98 Å². The van der Waals surface area contributed by atoms with E-state index in [0.29, 0.717) is 16.6 Å². The molecule has 5 nitrogen and oxygen atoms in total. The van der Waals surface area contributed by atoms with E-state index < -0.39 is 0 Å². The van der Waals surface area contributed by atoms with Crippen LogP contribution in [0.5, 0.6) is 0 Å². The summed E-state index contributed by atoms with van der Waals surface area (Å²) in [4.78, 5) is 12.2. The van der Waals surface area contributed by atoms with Crippen molar-refractivity contribution < 1.29 is 4.90 Å². The van der Waals surface area contributed by atoms with Crippen LogP contribution in [-0.4, -0.2) is 30.2 Å². The van der Waals surface area contributed by atoms with Gasteiger partial charge in [-0.15, -0.1) is 0 Å². The Kier molecular flexibility index (Phi) is 5.93. The maximum Gasteiger partial charge on any atom is 0.256 e. The Morgan fingerprint density at radius 2 is 2.06 bits per heavy atom. The van der Waals surface area contributed by atoms with Crippen molar-refractivity contribution >= 4 is 17.3 Å². The maximum atomic E-state index is 6.17. The number of fused-ring (bicyclic) bond motifs is 2. The van der Waals surface area contributed by atoms with Gasteiger partial charge in [0.05, 0.1) is 7.05 Å². The lowest BCUT2D eigenvalue weighted by molar-refractivity contribution is -0.805. The van der Waals surface area contributed by atoms with Gasteiger partial charge in [-0.2, -0.15) is 4.98 Å². The highest BCUT2D eigenvalue weighted by Gasteiger charge is 2.49. The van der Waals surface area contributed by atoms with Crippen molar-refractivity contribution in [3.63, 3.8) is 0 Å². The second kappa shape index (κ2) is 8.23. The first kappa shape index (κ1) is 22.3. The van der Waals surface area contributed by atoms with E-state index in [1.807, 2.05) is 0 Å². The molecule has 0 saturated heterocycles. The lowest BCUT2D eigenvalue weighted by Gasteiger charge is -2.55. The summed E-state index contributed by atoms with van der Waals surface area (Å²) in [6.45, 7) is 14.1. The van der Waals surface area contributed by atoms with Gasteiger partial charge in [0.25, 0.3) is 5.82 Å². The quantitative estimate of drug-likeness (QED) is 0.676. The van der Waals surface area contributed by atoms with Crippen LogP contribution < -0.4 is 15.5 Å². The summed E-state index contributed by atoms with van der Waals surface area (Å²) in [5.41, 5.74) is 13.0. The highest BCUT2D eigenvalue weighted by Crippen LogP contribution is 2.60. The van der Waals surface area contributed by atoms with Gasteiger partial charge >= 0.3 is 0 Å². The first-order valence-electron chi connectivity index (χ1n) is 12.2. The molecule has 0 radical (unpaired) electrons. The van der Waals surface area contributed by atoms with E-state index in [-0.39, 0.29) is 0 Å². The van der Waals surface area contributed by atoms with Crippen molar-refractivity contribution in [1.82, 2.24) is 9.97 Å². The minimum Gasteiger partial charge on any atom is -0.382 e. The number of nitrogens with two attached hydrogens (primary N) is 1. The molecular weight excluding hydrogens is 382 g/mol. The first-order valence-corrected chi connectivity index (χ1v) is 12.2. The fourth-order valence-corrected chi connectivity index (χ4v) is 6.99. The van der Waals surface area contributed by atoms with E-state index in [4.69, 9.17) is 5.73 Å². The molecule has 0 aromatic carbocycles. The molecular formula is C26H42N5+. The molecule has 4 rings (SSSR count). The van der Waals surface area contributed by atoms with E-state index in [0.717, 1.165) is 37.1 Å². The number of hydrogen-bond acceptors (Lipinski definition) is 4. The molecule has 3 unspecified atom stereocenters. The Morgan fingerprint density at radius 1 is 1.29 bits per heavy atom. The summed E-state index contributed by atoms with van der Waals surface area (Å²) in [7, 11) is 2.14. The molecule has 1 aliphatic heterocycles. The van der Waals surface area contributed by atoms with E-state index >= 15 is 0 Å². The third-order valence-corrected chi connectivity index (χ3v) is 8.67. The zero-order valence-electron chi connectivity index (χ0n) is 20.5. The fraction of sp³-hybridized carbons (Fsp3) is 0.692. The van der Waals surface area contributed by atoms with Crippen LogP contribution in [0.15, 0.2) is 29.1 Å². The molecule has 0 amide bonds. The van der Waals surface area contributed by atoms with Crippen LogP contribution >= 0.6 is 0 Å². The normalized spacial score (nSPS) is 30.4. The Morgan fingerprint density at radius 3 is 2.84 bits per heavy atom. The smallest absolute Gasteiger partial charge is 0.256 e. The molecule has 0 bridgehead atoms. The molecule has 170 valence electrons. The van der Waals surface area contributed by atoms with Crippen molar-refractivity contribution in [2.75, 3.05) is 30.9 Å². The SMILES string of the molecule is CC(=CCN1C[NH+](C)c2ncnc(N)c21)CCC1=C(C)CCC2C(C)(C)CCCC12C. The molecule has 3 aliphatic rings. The van der Waals surface area contributed by atoms with Crippen LogP contribution in [0.2, 0.25) is 0 Å². The zero-order chi connectivity index (χ0) is 22.4. The van der Waals surface area contributed by atoms with Crippen molar-refractivity contribution in [2.45, 2.75) is 79.6 Å². The van der Waals surface area contributed by atoms with Crippen molar-refractivity contribution in [3.8, 4) is 0 Å². The second-order valence-corrected chi connectivity index (χ2v) is 11.3. The summed E-state index contributed by atoms with van der Waals surface area (Å²) in [5.74, 6) is 2.44. The first-order chi connectivity index (χ1) is 14.6. The van der Waals surface area contributed by atoms with Crippen LogP contribution in [0.3, 0.4) is 0 Å². The molecule has 1 aromatic rings. The van der Waals surface area contributed by atoms with Crippen molar-refractivity contribution in [3.05, 3.63) is 29.1 Å². The van der Waals surface area contributed by atoms with Crippen LogP contribution in [0.1, 0.15) is 79.6 Å². The highest BCUT2D eigenvalue weighted by atomic mass is 15.4. The number of quaternary nitrogens is 1. The maximum absolute atomic E-state index is 6.17. The van der Waals surface area contributed by atoms with E-state index in [1.54, 1.807) is 17.5 Å². The van der Waals surface area contributed by atoms with E-state index in [2.05, 4.69) is 62.6 Å². The van der Waals surface area contributed by atoms with Gasteiger partial charge in [-0.1, -0.05) is 50.0 Å². The van der Waals surface area contributed by atoms with Crippen LogP contribution in [0.4, 0.5) is 17.3 Å². The third kappa shape index (κ3) is 4.02. The molecule has 5 heteroatoms. The van der Waals surface area contributed by atoms with Crippen molar-refractivity contribution in [2.24, 2.45) is 16.7 Å². The lowest BCUT2D eigenvalue weighted by Crippen LogP contribution is -3.03. The van der Waals surface area contributed by atoms with Gasteiger partial charge < -0.3 is 10.6 Å². The molecule has 3 N–H and O–H groups in total. The Hall–Kier alpha value is -1.88. The second-order valence-electron chi connectivity index (χ2n) is 11.3. The number of hydrogen-bond donors (Lipinski definition) is 2. The number of nitrogens with one attached hydrogen (secondary N) is 1. The summed E-state index contributed by atoms with van der Waals surface area (Å²) in [6.07, 6.45) is 13.1. The molecule has 3 atom stereocenters. The van der Waals surface area contributed by atoms with Gasteiger partial charge in [-0.05, 0) is 69.1 Å². The fourth-order valence-electron chi connectivity index (χ4n) is 6.99. The molecule has 2 heterocycles. The summed E-state index contributed by atoms with van der Waals surface area (Å²) in [5, 5.41) is 0. The van der Waals surface area contributed by atoms with Crippen LogP contribution in [0.25, 0.3) is 0 Å². The lowest BCUT2D eigenvalue weighted by atomic mass is 9.50. The molecule has 2 aliphatic carbocycles. The Bertz CT molecular complexity index is 899. The van der Waals surface area contributed by atoms with Crippen molar-refractivity contribution in [1.29, 1.82) is 0 Å². The molecule has 0 spiro atoms. The van der Waals surface area contributed by atoms with E-state index in [9.17, 15) is 0 Å². The topological polar surface area (TPSA) is 59.5 Å². The summed E-state index contributed by atoms with van der Waals surface area (Å²) in [6, 6.07) is 0. The number of rotatable bonds is 5. The average molecular weight is 425 g/mol. The van der Waals surface area contributed by atoms with Gasteiger partial charge in [0.15, 0.2) is 18.2 Å². The number of aromatic nitrogens is 2. The molecule has 1 fully saturated rings. The number of nitrogen functional groups attached to an aromatic ring is 1. The predicted molar refractivity (Wildman–Crippen MR) is 129 cm³/mol. The predicted octanol–water partition coefficient (Wildman–Crippen LogP) is 4.65. The Labute approximate surface area is 188 Å². The van der Waals surface area contributed by atoms with Gasteiger partial charge in [0, 0.05) is 6.54 Å². The monoisotopic (exact) mass is 424 g/mol. The third-order valence-electron chi connectivity index (χ3n) is 8.67. The van der Waals surface area contributed by atoms with Gasteiger partial charge in [0.1, 0.15) is 6.33 Å². The summed E-state index contributed by atoms with van der Waals surface area (Å²) < 4.78 is 0.